The Bertz CT molecular complexity index is 1380. The second-order valence-corrected chi connectivity index (χ2v) is 8.26. The Morgan fingerprint density at radius 3 is 2.33 bits per heavy atom. The van der Waals surface area contributed by atoms with Gasteiger partial charge in [0.2, 0.25) is 0 Å². The molecule has 2 heterocycles. The number of anilines is 1. The van der Waals surface area contributed by atoms with Gasteiger partial charge < -0.3 is 9.84 Å². The molecular formula is C26H21N3O7. The van der Waals surface area contributed by atoms with Crippen LogP contribution in [0, 0.1) is 10.1 Å². The molecule has 0 aliphatic carbocycles. The smallest absolute Gasteiger partial charge is 0.338 e. The van der Waals surface area contributed by atoms with Gasteiger partial charge in [0.25, 0.3) is 17.4 Å². The molecule has 3 aromatic rings. The SMILES string of the molecule is CC(C)OC(=O)c1cccc(N2C(=O)C(=O)/C(=C(/O)c3ccc([N+](=O)[O-])cc3)C2c2ccncc2)c1. The molecule has 36 heavy (non-hydrogen) atoms. The van der Waals surface area contributed by atoms with Crippen LogP contribution >= 0.6 is 0 Å². The van der Waals surface area contributed by atoms with E-state index in [0.29, 0.717) is 5.56 Å². The van der Waals surface area contributed by atoms with E-state index >= 15 is 0 Å². The van der Waals surface area contributed by atoms with Gasteiger partial charge in [-0.25, -0.2) is 4.79 Å². The fourth-order valence-electron chi connectivity index (χ4n) is 3.92. The van der Waals surface area contributed by atoms with E-state index in [9.17, 15) is 29.6 Å². The first-order chi connectivity index (χ1) is 17.2. The monoisotopic (exact) mass is 487 g/mol. The van der Waals surface area contributed by atoms with E-state index in [1.165, 1.54) is 53.7 Å². The van der Waals surface area contributed by atoms with E-state index in [2.05, 4.69) is 4.98 Å². The van der Waals surface area contributed by atoms with E-state index in [1.807, 2.05) is 0 Å². The largest absolute Gasteiger partial charge is 0.507 e. The van der Waals surface area contributed by atoms with Crippen LogP contribution in [0.3, 0.4) is 0 Å². The number of pyridine rings is 1. The third kappa shape index (κ3) is 4.56. The molecule has 2 aromatic carbocycles. The number of nitrogens with zero attached hydrogens (tertiary/aromatic N) is 3. The molecule has 182 valence electrons. The second-order valence-electron chi connectivity index (χ2n) is 8.26. The van der Waals surface area contributed by atoms with Crippen LogP contribution in [-0.4, -0.2) is 38.8 Å². The Morgan fingerprint density at radius 2 is 1.72 bits per heavy atom. The molecule has 1 fully saturated rings. The Kier molecular flexibility index (Phi) is 6.60. The summed E-state index contributed by atoms with van der Waals surface area (Å²) in [5.41, 5.74) is 0.666. The number of rotatable bonds is 6. The van der Waals surface area contributed by atoms with Gasteiger partial charge in [-0.1, -0.05) is 6.07 Å². The Morgan fingerprint density at radius 1 is 1.06 bits per heavy atom. The van der Waals surface area contributed by atoms with Crippen molar-refractivity contribution in [2.24, 2.45) is 0 Å². The summed E-state index contributed by atoms with van der Waals surface area (Å²) in [6.45, 7) is 3.42. The normalized spacial score (nSPS) is 16.9. The number of aliphatic hydroxyl groups excluding tert-OH is 1. The zero-order valence-electron chi connectivity index (χ0n) is 19.3. The number of esters is 1. The van der Waals surface area contributed by atoms with Crippen molar-refractivity contribution in [2.45, 2.75) is 26.0 Å². The summed E-state index contributed by atoms with van der Waals surface area (Å²) in [4.78, 5) is 54.5. The third-order valence-corrected chi connectivity index (χ3v) is 5.52. The standard InChI is InChI=1S/C26H21N3O7/c1-15(2)36-26(33)18-4-3-5-20(14-18)28-22(16-10-12-27-13-11-16)21(24(31)25(28)32)23(30)17-6-8-19(9-7-17)29(34)35/h3-15,22,30H,1-2H3/b23-21+. The molecule has 1 aromatic heterocycles. The maximum atomic E-state index is 13.2. The van der Waals surface area contributed by atoms with Crippen LogP contribution in [0.15, 0.2) is 78.6 Å². The number of nitro groups is 1. The number of benzene rings is 2. The third-order valence-electron chi connectivity index (χ3n) is 5.52. The first kappa shape index (κ1) is 24.3. The van der Waals surface area contributed by atoms with E-state index < -0.39 is 34.4 Å². The van der Waals surface area contributed by atoms with Crippen molar-refractivity contribution >= 4 is 34.8 Å². The maximum absolute atomic E-state index is 13.2. The van der Waals surface area contributed by atoms with Crippen LogP contribution < -0.4 is 4.90 Å². The molecule has 1 saturated heterocycles. The molecule has 10 heteroatoms. The van der Waals surface area contributed by atoms with Crippen LogP contribution in [0.5, 0.6) is 0 Å². The number of amides is 1. The van der Waals surface area contributed by atoms with Crippen molar-refractivity contribution < 1.29 is 29.2 Å². The quantitative estimate of drug-likeness (QED) is 0.136. The number of aromatic nitrogens is 1. The zero-order chi connectivity index (χ0) is 26.0. The molecule has 1 atom stereocenters. The number of ketones is 1. The Labute approximate surface area is 205 Å². The van der Waals surface area contributed by atoms with E-state index in [0.717, 1.165) is 0 Å². The minimum atomic E-state index is -1.04. The average molecular weight is 487 g/mol. The number of hydrogen-bond acceptors (Lipinski definition) is 8. The maximum Gasteiger partial charge on any atom is 0.338 e. The average Bonchev–Trinajstić information content (AvgIpc) is 3.14. The van der Waals surface area contributed by atoms with Gasteiger partial charge in [0.15, 0.2) is 0 Å². The fourth-order valence-corrected chi connectivity index (χ4v) is 3.92. The second kappa shape index (κ2) is 9.79. The number of ether oxygens (including phenoxy) is 1. The molecule has 1 N–H and O–H groups in total. The molecule has 1 unspecified atom stereocenters. The molecule has 0 radical (unpaired) electrons. The zero-order valence-corrected chi connectivity index (χ0v) is 19.3. The summed E-state index contributed by atoms with van der Waals surface area (Å²) in [6, 6.07) is 13.2. The molecule has 0 saturated carbocycles. The minimum absolute atomic E-state index is 0.131. The minimum Gasteiger partial charge on any atom is -0.507 e. The molecule has 1 aliphatic rings. The number of nitro benzene ring substituents is 1. The predicted molar refractivity (Wildman–Crippen MR) is 129 cm³/mol. The van der Waals surface area contributed by atoms with Crippen molar-refractivity contribution in [1.29, 1.82) is 0 Å². The number of non-ortho nitro benzene ring substituents is 1. The lowest BCUT2D eigenvalue weighted by molar-refractivity contribution is -0.384. The van der Waals surface area contributed by atoms with E-state index in [-0.39, 0.29) is 34.2 Å². The lowest BCUT2D eigenvalue weighted by Crippen LogP contribution is -2.29. The summed E-state index contributed by atoms with van der Waals surface area (Å²) >= 11 is 0. The highest BCUT2D eigenvalue weighted by atomic mass is 16.6. The highest BCUT2D eigenvalue weighted by Crippen LogP contribution is 2.42. The van der Waals surface area contributed by atoms with Gasteiger partial charge in [0.05, 0.1) is 28.2 Å². The molecule has 0 spiro atoms. The number of hydrogen-bond donors (Lipinski definition) is 1. The van der Waals surface area contributed by atoms with Crippen molar-refractivity contribution in [3.63, 3.8) is 0 Å². The highest BCUT2D eigenvalue weighted by molar-refractivity contribution is 6.51. The van der Waals surface area contributed by atoms with Gasteiger partial charge in [0.1, 0.15) is 5.76 Å². The first-order valence-electron chi connectivity index (χ1n) is 11.0. The number of Topliss-reactive ketones (excluding diaryl/α,β-unsaturated/α-hetero) is 1. The number of carbonyl (C=O) groups excluding carboxylic acids is 3. The molecule has 10 nitrogen and oxygen atoms in total. The summed E-state index contributed by atoms with van der Waals surface area (Å²) in [5.74, 6) is -2.92. The Hall–Kier alpha value is -4.86. The lowest BCUT2D eigenvalue weighted by Gasteiger charge is -2.25. The fraction of sp³-hybridized carbons (Fsp3) is 0.154. The van der Waals surface area contributed by atoms with Gasteiger partial charge in [-0.15, -0.1) is 0 Å². The van der Waals surface area contributed by atoms with Gasteiger partial charge in [0, 0.05) is 35.8 Å². The van der Waals surface area contributed by atoms with Crippen LogP contribution in [0.1, 0.15) is 41.4 Å². The number of aliphatic hydroxyl groups is 1. The van der Waals surface area contributed by atoms with Gasteiger partial charge in [-0.3, -0.25) is 29.6 Å². The summed E-state index contributed by atoms with van der Waals surface area (Å²) < 4.78 is 5.24. The topological polar surface area (TPSA) is 140 Å². The van der Waals surface area contributed by atoms with E-state index in [1.54, 1.807) is 38.1 Å². The van der Waals surface area contributed by atoms with Gasteiger partial charge in [-0.2, -0.15) is 0 Å². The van der Waals surface area contributed by atoms with Crippen molar-refractivity contribution in [3.8, 4) is 0 Å². The van der Waals surface area contributed by atoms with Gasteiger partial charge >= 0.3 is 5.97 Å². The molecule has 1 aliphatic heterocycles. The van der Waals surface area contributed by atoms with Crippen LogP contribution in [0.4, 0.5) is 11.4 Å². The molecule has 4 rings (SSSR count). The number of carbonyl (C=O) groups is 3. The van der Waals surface area contributed by atoms with Gasteiger partial charge in [-0.05, 0) is 61.9 Å². The predicted octanol–water partition coefficient (Wildman–Crippen LogP) is 4.18. The summed E-state index contributed by atoms with van der Waals surface area (Å²) in [5, 5.41) is 22.1. The van der Waals surface area contributed by atoms with Crippen molar-refractivity contribution in [1.82, 2.24) is 4.98 Å². The van der Waals surface area contributed by atoms with Crippen LogP contribution in [0.25, 0.3) is 5.76 Å². The van der Waals surface area contributed by atoms with Crippen LogP contribution in [0.2, 0.25) is 0 Å². The molecular weight excluding hydrogens is 466 g/mol. The lowest BCUT2D eigenvalue weighted by atomic mass is 9.95. The molecule has 1 amide bonds. The van der Waals surface area contributed by atoms with Crippen molar-refractivity contribution in [2.75, 3.05) is 4.90 Å². The Balaban J connectivity index is 1.86. The van der Waals surface area contributed by atoms with Crippen molar-refractivity contribution in [3.05, 3.63) is 105 Å². The summed E-state index contributed by atoms with van der Waals surface area (Å²) in [7, 11) is 0. The highest BCUT2D eigenvalue weighted by Gasteiger charge is 2.47. The van der Waals surface area contributed by atoms with Crippen LogP contribution in [-0.2, 0) is 14.3 Å². The summed E-state index contributed by atoms with van der Waals surface area (Å²) in [6.07, 6.45) is 2.61. The molecule has 0 bridgehead atoms. The first-order valence-corrected chi connectivity index (χ1v) is 11.0. The van der Waals surface area contributed by atoms with E-state index in [4.69, 9.17) is 4.74 Å².